The van der Waals surface area contributed by atoms with Crippen LogP contribution < -0.4 is 10.6 Å². The zero-order valence-electron chi connectivity index (χ0n) is 13.0. The Morgan fingerprint density at radius 1 is 1.05 bits per heavy atom. The van der Waals surface area contributed by atoms with Crippen molar-refractivity contribution in [3.05, 3.63) is 29.8 Å². The third-order valence-electron chi connectivity index (χ3n) is 3.63. The first-order chi connectivity index (χ1) is 9.85. The molecule has 0 aromatic heterocycles. The third kappa shape index (κ3) is 4.59. The summed E-state index contributed by atoms with van der Waals surface area (Å²) in [6.07, 6.45) is 4.25. The first-order valence-corrected chi connectivity index (χ1v) is 7.58. The molecule has 4 heteroatoms. The average molecular weight is 288 g/mol. The fraction of sp³-hybridized carbons (Fsp3) is 0.529. The fourth-order valence-corrected chi connectivity index (χ4v) is 2.55. The normalized spacial score (nSPS) is 15.8. The molecule has 1 aromatic carbocycles. The molecule has 1 aromatic rings. The number of hydrogen-bond donors (Lipinski definition) is 2. The minimum Gasteiger partial charge on any atom is -0.347 e. The van der Waals surface area contributed by atoms with Crippen molar-refractivity contribution < 1.29 is 9.59 Å². The molecule has 0 atom stereocenters. The second-order valence-electron chi connectivity index (χ2n) is 6.75. The van der Waals surface area contributed by atoms with Gasteiger partial charge in [-0.2, -0.15) is 0 Å². The van der Waals surface area contributed by atoms with E-state index in [1.807, 2.05) is 20.8 Å². The molecule has 114 valence electrons. The number of nitrogens with one attached hydrogen (secondary N) is 2. The van der Waals surface area contributed by atoms with Gasteiger partial charge in [-0.3, -0.25) is 9.59 Å². The monoisotopic (exact) mass is 288 g/mol. The van der Waals surface area contributed by atoms with Crippen molar-refractivity contribution in [2.45, 2.75) is 52.0 Å². The maximum atomic E-state index is 12.0. The Labute approximate surface area is 126 Å². The molecule has 21 heavy (non-hydrogen) atoms. The second kappa shape index (κ2) is 6.29. The Balaban J connectivity index is 1.95. The molecule has 1 aliphatic rings. The molecule has 0 unspecified atom stereocenters. The van der Waals surface area contributed by atoms with Crippen LogP contribution in [0.2, 0.25) is 0 Å². The summed E-state index contributed by atoms with van der Waals surface area (Å²) in [5.41, 5.74) is 1.09. The molecule has 1 fully saturated rings. The van der Waals surface area contributed by atoms with E-state index in [-0.39, 0.29) is 23.3 Å². The van der Waals surface area contributed by atoms with E-state index in [1.165, 1.54) is 0 Å². The van der Waals surface area contributed by atoms with Gasteiger partial charge < -0.3 is 10.6 Å². The van der Waals surface area contributed by atoms with Crippen LogP contribution >= 0.6 is 0 Å². The van der Waals surface area contributed by atoms with E-state index in [1.54, 1.807) is 24.3 Å². The van der Waals surface area contributed by atoms with Crippen LogP contribution in [0.5, 0.6) is 0 Å². The maximum absolute atomic E-state index is 12.0. The van der Waals surface area contributed by atoms with Crippen molar-refractivity contribution >= 4 is 17.5 Å². The van der Waals surface area contributed by atoms with Crippen LogP contribution in [0, 0.1) is 5.92 Å². The lowest BCUT2D eigenvalue weighted by Crippen LogP contribution is -2.40. The maximum Gasteiger partial charge on any atom is 0.251 e. The highest BCUT2D eigenvalue weighted by atomic mass is 16.2. The molecular formula is C17H24N2O2. The molecule has 0 heterocycles. The quantitative estimate of drug-likeness (QED) is 0.896. The molecule has 0 radical (unpaired) electrons. The Kier molecular flexibility index (Phi) is 4.66. The Morgan fingerprint density at radius 3 is 2.14 bits per heavy atom. The van der Waals surface area contributed by atoms with Crippen LogP contribution in [0.25, 0.3) is 0 Å². The molecule has 1 aliphatic carbocycles. The van der Waals surface area contributed by atoms with Gasteiger partial charge in [-0.05, 0) is 57.9 Å². The van der Waals surface area contributed by atoms with Gasteiger partial charge in [0, 0.05) is 22.7 Å². The summed E-state index contributed by atoms with van der Waals surface area (Å²) in [5.74, 6) is 0.143. The highest BCUT2D eigenvalue weighted by Gasteiger charge is 2.22. The van der Waals surface area contributed by atoms with Gasteiger partial charge in [-0.25, -0.2) is 0 Å². The van der Waals surface area contributed by atoms with Crippen LogP contribution in [0.4, 0.5) is 5.69 Å². The van der Waals surface area contributed by atoms with Crippen molar-refractivity contribution in [2.24, 2.45) is 5.92 Å². The minimum atomic E-state index is -0.257. The van der Waals surface area contributed by atoms with Gasteiger partial charge in [0.25, 0.3) is 5.91 Å². The number of carbonyl (C=O) groups is 2. The summed E-state index contributed by atoms with van der Waals surface area (Å²) >= 11 is 0. The smallest absolute Gasteiger partial charge is 0.251 e. The summed E-state index contributed by atoms with van der Waals surface area (Å²) in [5, 5.41) is 5.84. The highest BCUT2D eigenvalue weighted by Crippen LogP contribution is 2.26. The summed E-state index contributed by atoms with van der Waals surface area (Å²) in [4.78, 5) is 24.0. The Morgan fingerprint density at radius 2 is 1.62 bits per heavy atom. The number of anilines is 1. The van der Waals surface area contributed by atoms with Crippen LogP contribution in [0.3, 0.4) is 0 Å². The fourth-order valence-electron chi connectivity index (χ4n) is 2.55. The average Bonchev–Trinajstić information content (AvgIpc) is 2.91. The summed E-state index contributed by atoms with van der Waals surface area (Å²) in [6, 6.07) is 7.05. The number of carbonyl (C=O) groups excluding carboxylic acids is 2. The number of rotatable bonds is 3. The second-order valence-corrected chi connectivity index (χ2v) is 6.75. The molecule has 4 nitrogen and oxygen atoms in total. The van der Waals surface area contributed by atoms with Gasteiger partial charge in [0.1, 0.15) is 0 Å². The summed E-state index contributed by atoms with van der Waals surface area (Å²) in [6.45, 7) is 5.84. The summed E-state index contributed by atoms with van der Waals surface area (Å²) in [7, 11) is 0. The largest absolute Gasteiger partial charge is 0.347 e. The van der Waals surface area contributed by atoms with E-state index in [4.69, 9.17) is 0 Å². The number of benzene rings is 1. The van der Waals surface area contributed by atoms with Crippen LogP contribution in [-0.4, -0.2) is 17.4 Å². The lowest BCUT2D eigenvalue weighted by molar-refractivity contribution is -0.119. The van der Waals surface area contributed by atoms with E-state index in [0.717, 1.165) is 31.4 Å². The van der Waals surface area contributed by atoms with E-state index >= 15 is 0 Å². The standard InChI is InChI=1S/C17H24N2O2/c1-17(2,3)19-16(21)13-8-10-14(11-9-13)18-15(20)12-6-4-5-7-12/h8-12H,4-7H2,1-3H3,(H,18,20)(H,19,21). The molecule has 0 saturated heterocycles. The van der Waals surface area contributed by atoms with E-state index in [9.17, 15) is 9.59 Å². The van der Waals surface area contributed by atoms with Crippen molar-refractivity contribution in [3.63, 3.8) is 0 Å². The van der Waals surface area contributed by atoms with Crippen LogP contribution in [0.15, 0.2) is 24.3 Å². The van der Waals surface area contributed by atoms with E-state index in [2.05, 4.69) is 10.6 Å². The zero-order chi connectivity index (χ0) is 15.5. The zero-order valence-corrected chi connectivity index (χ0v) is 13.0. The van der Waals surface area contributed by atoms with Crippen molar-refractivity contribution in [3.8, 4) is 0 Å². The van der Waals surface area contributed by atoms with E-state index in [0.29, 0.717) is 5.56 Å². The molecule has 0 aliphatic heterocycles. The first-order valence-electron chi connectivity index (χ1n) is 7.58. The lowest BCUT2D eigenvalue weighted by Gasteiger charge is -2.20. The molecule has 2 N–H and O–H groups in total. The Bertz CT molecular complexity index is 509. The SMILES string of the molecule is CC(C)(C)NC(=O)c1ccc(NC(=O)C2CCCC2)cc1. The van der Waals surface area contributed by atoms with Gasteiger partial charge in [0.05, 0.1) is 0 Å². The van der Waals surface area contributed by atoms with Crippen LogP contribution in [0.1, 0.15) is 56.8 Å². The molecular weight excluding hydrogens is 264 g/mol. The van der Waals surface area contributed by atoms with Gasteiger partial charge >= 0.3 is 0 Å². The first kappa shape index (κ1) is 15.5. The van der Waals surface area contributed by atoms with Gasteiger partial charge in [0.2, 0.25) is 5.91 Å². The van der Waals surface area contributed by atoms with Crippen molar-refractivity contribution in [1.29, 1.82) is 0 Å². The minimum absolute atomic E-state index is 0.0967. The van der Waals surface area contributed by atoms with Gasteiger partial charge in [-0.1, -0.05) is 12.8 Å². The van der Waals surface area contributed by atoms with Crippen LogP contribution in [-0.2, 0) is 4.79 Å². The molecule has 2 rings (SSSR count). The van der Waals surface area contributed by atoms with Crippen molar-refractivity contribution in [1.82, 2.24) is 5.32 Å². The summed E-state index contributed by atoms with van der Waals surface area (Å²) < 4.78 is 0. The molecule has 1 saturated carbocycles. The predicted octanol–water partition coefficient (Wildman–Crippen LogP) is 3.34. The number of hydrogen-bond acceptors (Lipinski definition) is 2. The molecule has 0 spiro atoms. The van der Waals surface area contributed by atoms with Gasteiger partial charge in [0.15, 0.2) is 0 Å². The Hall–Kier alpha value is -1.84. The lowest BCUT2D eigenvalue weighted by atomic mass is 10.1. The molecule has 2 amide bonds. The number of amides is 2. The van der Waals surface area contributed by atoms with Gasteiger partial charge in [-0.15, -0.1) is 0 Å². The predicted molar refractivity (Wildman–Crippen MR) is 84.2 cm³/mol. The topological polar surface area (TPSA) is 58.2 Å². The van der Waals surface area contributed by atoms with E-state index < -0.39 is 0 Å². The van der Waals surface area contributed by atoms with Crippen molar-refractivity contribution in [2.75, 3.05) is 5.32 Å². The highest BCUT2D eigenvalue weighted by molar-refractivity contribution is 5.96. The third-order valence-corrected chi connectivity index (χ3v) is 3.63. The molecule has 0 bridgehead atoms.